The summed E-state index contributed by atoms with van der Waals surface area (Å²) in [5.74, 6) is 0. The van der Waals surface area contributed by atoms with Crippen LogP contribution < -0.4 is 10.6 Å². The molecule has 1 rings (SSSR count). The summed E-state index contributed by atoms with van der Waals surface area (Å²) >= 11 is 0. The Bertz CT molecular complexity index is 378. The molecule has 0 aliphatic heterocycles. The Morgan fingerprint density at radius 2 is 2.28 bits per heavy atom. The van der Waals surface area contributed by atoms with Gasteiger partial charge in [-0.25, -0.2) is 4.79 Å². The van der Waals surface area contributed by atoms with Crippen molar-refractivity contribution >= 4 is 11.7 Å². The molecule has 1 unspecified atom stereocenters. The van der Waals surface area contributed by atoms with Crippen molar-refractivity contribution in [2.24, 2.45) is 0 Å². The second-order valence-electron chi connectivity index (χ2n) is 4.02. The number of anilines is 1. The van der Waals surface area contributed by atoms with E-state index < -0.39 is 0 Å². The first-order chi connectivity index (χ1) is 8.69. The Morgan fingerprint density at radius 1 is 1.50 bits per heavy atom. The van der Waals surface area contributed by atoms with Crippen LogP contribution >= 0.6 is 0 Å². The monoisotopic (exact) mass is 252 g/mol. The normalized spacial score (nSPS) is 11.9. The fraction of sp³-hybridized carbons (Fsp3) is 0.462. The molecule has 1 aromatic rings. The first-order valence-corrected chi connectivity index (χ1v) is 5.95. The molecule has 0 saturated carbocycles. The molecule has 0 aromatic heterocycles. The van der Waals surface area contributed by atoms with Crippen LogP contribution in [0.15, 0.2) is 24.3 Å². The van der Waals surface area contributed by atoms with Crippen molar-refractivity contribution < 1.29 is 14.6 Å². The SMILES string of the molecule is CCC(CO)NC(=O)Nc1cccc(COC)c1. The zero-order valence-electron chi connectivity index (χ0n) is 10.8. The molecule has 1 aromatic carbocycles. The number of hydrogen-bond donors (Lipinski definition) is 3. The fourth-order valence-corrected chi connectivity index (χ4v) is 1.53. The van der Waals surface area contributed by atoms with Crippen LogP contribution in [0.3, 0.4) is 0 Å². The minimum absolute atomic E-state index is 0.0619. The zero-order chi connectivity index (χ0) is 13.4. The van der Waals surface area contributed by atoms with Gasteiger partial charge in [0.2, 0.25) is 0 Å². The zero-order valence-corrected chi connectivity index (χ0v) is 10.8. The molecule has 5 nitrogen and oxygen atoms in total. The van der Waals surface area contributed by atoms with Gasteiger partial charge in [-0.2, -0.15) is 0 Å². The number of methoxy groups -OCH3 is 1. The number of benzene rings is 1. The number of rotatable bonds is 6. The van der Waals surface area contributed by atoms with Gasteiger partial charge >= 0.3 is 6.03 Å². The topological polar surface area (TPSA) is 70.6 Å². The number of urea groups is 1. The third kappa shape index (κ3) is 4.73. The lowest BCUT2D eigenvalue weighted by Crippen LogP contribution is -2.39. The van der Waals surface area contributed by atoms with Gasteiger partial charge in [0.15, 0.2) is 0 Å². The van der Waals surface area contributed by atoms with Crippen molar-refractivity contribution in [1.29, 1.82) is 0 Å². The van der Waals surface area contributed by atoms with E-state index in [1.54, 1.807) is 13.2 Å². The van der Waals surface area contributed by atoms with Crippen LogP contribution in [0.2, 0.25) is 0 Å². The van der Waals surface area contributed by atoms with Crippen molar-refractivity contribution in [3.63, 3.8) is 0 Å². The van der Waals surface area contributed by atoms with Gasteiger partial charge in [0.1, 0.15) is 0 Å². The Balaban J connectivity index is 2.55. The van der Waals surface area contributed by atoms with E-state index in [1.807, 2.05) is 25.1 Å². The van der Waals surface area contributed by atoms with E-state index in [2.05, 4.69) is 10.6 Å². The van der Waals surface area contributed by atoms with Crippen LogP contribution in [0.4, 0.5) is 10.5 Å². The maximum Gasteiger partial charge on any atom is 0.319 e. The molecule has 18 heavy (non-hydrogen) atoms. The molecular formula is C13H20N2O3. The van der Waals surface area contributed by atoms with Crippen LogP contribution in [0, 0.1) is 0 Å². The van der Waals surface area contributed by atoms with E-state index in [1.165, 1.54) is 0 Å². The lowest BCUT2D eigenvalue weighted by atomic mass is 10.2. The molecule has 0 heterocycles. The van der Waals surface area contributed by atoms with Crippen LogP contribution in [0.5, 0.6) is 0 Å². The molecule has 1 atom stereocenters. The third-order valence-electron chi connectivity index (χ3n) is 2.54. The van der Waals surface area contributed by atoms with Crippen LogP contribution in [-0.2, 0) is 11.3 Å². The van der Waals surface area contributed by atoms with Gasteiger partial charge in [-0.05, 0) is 24.1 Å². The molecule has 0 aliphatic carbocycles. The van der Waals surface area contributed by atoms with E-state index >= 15 is 0 Å². The van der Waals surface area contributed by atoms with Gasteiger partial charge in [-0.1, -0.05) is 19.1 Å². The lowest BCUT2D eigenvalue weighted by Gasteiger charge is -2.15. The van der Waals surface area contributed by atoms with Gasteiger partial charge < -0.3 is 20.5 Å². The van der Waals surface area contributed by atoms with E-state index in [9.17, 15) is 4.79 Å². The first kappa shape index (κ1) is 14.5. The van der Waals surface area contributed by atoms with Gasteiger partial charge in [0, 0.05) is 12.8 Å². The number of aliphatic hydroxyl groups excluding tert-OH is 1. The van der Waals surface area contributed by atoms with Gasteiger partial charge in [-0.15, -0.1) is 0 Å². The summed E-state index contributed by atoms with van der Waals surface area (Å²) < 4.78 is 5.03. The number of aliphatic hydroxyl groups is 1. The molecule has 5 heteroatoms. The molecule has 0 bridgehead atoms. The maximum atomic E-state index is 11.6. The lowest BCUT2D eigenvalue weighted by molar-refractivity contribution is 0.185. The number of hydrogen-bond acceptors (Lipinski definition) is 3. The van der Waals surface area contributed by atoms with Crippen molar-refractivity contribution in [3.05, 3.63) is 29.8 Å². The summed E-state index contributed by atoms with van der Waals surface area (Å²) in [6, 6.07) is 6.90. The molecular weight excluding hydrogens is 232 g/mol. The number of amides is 2. The molecule has 3 N–H and O–H groups in total. The van der Waals surface area contributed by atoms with Crippen LogP contribution in [-0.4, -0.2) is 30.9 Å². The first-order valence-electron chi connectivity index (χ1n) is 5.95. The van der Waals surface area contributed by atoms with Crippen molar-refractivity contribution in [1.82, 2.24) is 5.32 Å². The van der Waals surface area contributed by atoms with Gasteiger partial charge in [0.05, 0.1) is 19.3 Å². The van der Waals surface area contributed by atoms with Gasteiger partial charge in [0.25, 0.3) is 0 Å². The average Bonchev–Trinajstić information content (AvgIpc) is 2.36. The van der Waals surface area contributed by atoms with E-state index in [0.29, 0.717) is 18.7 Å². The van der Waals surface area contributed by atoms with Gasteiger partial charge in [-0.3, -0.25) is 0 Å². The molecule has 2 amide bonds. The molecule has 0 radical (unpaired) electrons. The predicted molar refractivity (Wildman–Crippen MR) is 70.5 cm³/mol. The van der Waals surface area contributed by atoms with Crippen molar-refractivity contribution in [3.8, 4) is 0 Å². The average molecular weight is 252 g/mol. The van der Waals surface area contributed by atoms with E-state index in [-0.39, 0.29) is 18.7 Å². The smallest absolute Gasteiger partial charge is 0.319 e. The fourth-order valence-electron chi connectivity index (χ4n) is 1.53. The summed E-state index contributed by atoms with van der Waals surface area (Å²) in [7, 11) is 1.62. The summed E-state index contributed by atoms with van der Waals surface area (Å²) in [6.07, 6.45) is 0.688. The Kier molecular flexibility index (Phi) is 6.18. The Hall–Kier alpha value is -1.59. The van der Waals surface area contributed by atoms with Crippen LogP contribution in [0.25, 0.3) is 0 Å². The predicted octanol–water partition coefficient (Wildman–Crippen LogP) is 1.73. The minimum atomic E-state index is -0.314. The van der Waals surface area contributed by atoms with Crippen molar-refractivity contribution in [2.75, 3.05) is 19.0 Å². The quantitative estimate of drug-likeness (QED) is 0.722. The Labute approximate surface area is 107 Å². The number of carbonyl (C=O) groups excluding carboxylic acids is 1. The van der Waals surface area contributed by atoms with Crippen molar-refractivity contribution in [2.45, 2.75) is 26.0 Å². The van der Waals surface area contributed by atoms with E-state index in [0.717, 1.165) is 5.56 Å². The highest BCUT2D eigenvalue weighted by atomic mass is 16.5. The highest BCUT2D eigenvalue weighted by molar-refractivity contribution is 5.89. The molecule has 0 spiro atoms. The third-order valence-corrected chi connectivity index (χ3v) is 2.54. The van der Waals surface area contributed by atoms with E-state index in [4.69, 9.17) is 9.84 Å². The second-order valence-corrected chi connectivity index (χ2v) is 4.02. The highest BCUT2D eigenvalue weighted by Crippen LogP contribution is 2.11. The number of nitrogens with one attached hydrogen (secondary N) is 2. The van der Waals surface area contributed by atoms with Crippen LogP contribution in [0.1, 0.15) is 18.9 Å². The summed E-state index contributed by atoms with van der Waals surface area (Å²) in [6.45, 7) is 2.35. The highest BCUT2D eigenvalue weighted by Gasteiger charge is 2.08. The largest absolute Gasteiger partial charge is 0.394 e. The molecule has 100 valence electrons. The standard InChI is InChI=1S/C13H20N2O3/c1-3-11(8-16)14-13(17)15-12-6-4-5-10(7-12)9-18-2/h4-7,11,16H,3,8-9H2,1-2H3,(H2,14,15,17). The summed E-state index contributed by atoms with van der Waals surface area (Å²) in [5, 5.41) is 14.4. The minimum Gasteiger partial charge on any atom is -0.394 e. The summed E-state index contributed by atoms with van der Waals surface area (Å²) in [5.41, 5.74) is 1.69. The molecule has 0 fully saturated rings. The number of carbonyl (C=O) groups is 1. The summed E-state index contributed by atoms with van der Waals surface area (Å²) in [4.78, 5) is 11.6. The number of ether oxygens (including phenoxy) is 1. The Morgan fingerprint density at radius 3 is 2.89 bits per heavy atom. The molecule has 0 aliphatic rings. The second kappa shape index (κ2) is 7.68. The molecule has 0 saturated heterocycles. The maximum absolute atomic E-state index is 11.6.